The fourth-order valence-electron chi connectivity index (χ4n) is 2.07. The van der Waals surface area contributed by atoms with E-state index in [0.29, 0.717) is 12.3 Å². The normalized spacial score (nSPS) is 28.5. The van der Waals surface area contributed by atoms with Crippen molar-refractivity contribution in [1.29, 1.82) is 0 Å². The molecule has 0 aromatic heterocycles. The van der Waals surface area contributed by atoms with Gasteiger partial charge in [-0.2, -0.15) is 0 Å². The third-order valence-electron chi connectivity index (χ3n) is 3.64. The van der Waals surface area contributed by atoms with Crippen LogP contribution in [0.2, 0.25) is 0 Å². The summed E-state index contributed by atoms with van der Waals surface area (Å²) in [6.45, 7) is 5.70. The summed E-state index contributed by atoms with van der Waals surface area (Å²) in [5.41, 5.74) is 0.897. The average Bonchev–Trinajstić information content (AvgIpc) is 2.62. The number of benzene rings is 1. The Balaban J connectivity index is 2.05. The number of phenols is 1. The first kappa shape index (κ1) is 12.9. The Morgan fingerprint density at radius 1 is 1.59 bits per heavy atom. The second-order valence-corrected chi connectivity index (χ2v) is 5.64. The maximum Gasteiger partial charge on any atom is 0.134 e. The van der Waals surface area contributed by atoms with Crippen LogP contribution in [0.25, 0.3) is 0 Å². The van der Waals surface area contributed by atoms with E-state index in [1.807, 2.05) is 18.2 Å². The minimum absolute atomic E-state index is 0.00520. The Bertz CT molecular complexity index is 410. The lowest BCUT2D eigenvalue weighted by atomic mass is 9.94. The number of ether oxygens (including phenoxy) is 1. The van der Waals surface area contributed by atoms with Gasteiger partial charge >= 0.3 is 0 Å². The molecule has 2 N–H and O–H groups in total. The van der Waals surface area contributed by atoms with Crippen LogP contribution in [-0.4, -0.2) is 23.4 Å². The standard InChI is InChI=1S/C13H18BrNO2/c1-9-13(2,6-7-17-9)15-8-10-4-3-5-11(14)12(10)16/h3-5,9,15-16H,6-8H2,1-2H3. The minimum atomic E-state index is -0.00520. The van der Waals surface area contributed by atoms with Gasteiger partial charge in [-0.1, -0.05) is 12.1 Å². The highest BCUT2D eigenvalue weighted by Crippen LogP contribution is 2.29. The molecule has 2 unspecified atom stereocenters. The van der Waals surface area contributed by atoms with Gasteiger partial charge in [0.2, 0.25) is 0 Å². The molecule has 1 fully saturated rings. The van der Waals surface area contributed by atoms with E-state index in [4.69, 9.17) is 4.74 Å². The van der Waals surface area contributed by atoms with Gasteiger partial charge in [-0.15, -0.1) is 0 Å². The molecular formula is C13H18BrNO2. The first-order chi connectivity index (χ1) is 8.03. The number of phenolic OH excluding ortho intramolecular Hbond substituents is 1. The fraction of sp³-hybridized carbons (Fsp3) is 0.538. The third kappa shape index (κ3) is 2.64. The largest absolute Gasteiger partial charge is 0.506 e. The van der Waals surface area contributed by atoms with E-state index in [-0.39, 0.29) is 11.6 Å². The summed E-state index contributed by atoms with van der Waals surface area (Å²) >= 11 is 3.32. The Morgan fingerprint density at radius 2 is 2.35 bits per heavy atom. The van der Waals surface area contributed by atoms with Gasteiger partial charge in [0.25, 0.3) is 0 Å². The van der Waals surface area contributed by atoms with Crippen molar-refractivity contribution in [3.05, 3.63) is 28.2 Å². The van der Waals surface area contributed by atoms with Crippen molar-refractivity contribution in [1.82, 2.24) is 5.32 Å². The second-order valence-electron chi connectivity index (χ2n) is 4.78. The van der Waals surface area contributed by atoms with E-state index in [0.717, 1.165) is 23.1 Å². The molecular weight excluding hydrogens is 282 g/mol. The summed E-state index contributed by atoms with van der Waals surface area (Å²) in [5, 5.41) is 13.4. The van der Waals surface area contributed by atoms with E-state index in [2.05, 4.69) is 35.1 Å². The zero-order valence-corrected chi connectivity index (χ0v) is 11.8. The van der Waals surface area contributed by atoms with Crippen molar-refractivity contribution in [3.8, 4) is 5.75 Å². The number of hydrogen-bond donors (Lipinski definition) is 2. The van der Waals surface area contributed by atoms with Crippen LogP contribution in [0.15, 0.2) is 22.7 Å². The number of para-hydroxylation sites is 1. The molecule has 1 aliphatic rings. The maximum absolute atomic E-state index is 9.90. The Kier molecular flexibility index (Phi) is 3.76. The lowest BCUT2D eigenvalue weighted by Crippen LogP contribution is -2.47. The molecule has 1 aromatic carbocycles. The second kappa shape index (κ2) is 4.96. The van der Waals surface area contributed by atoms with Gasteiger partial charge in [0.1, 0.15) is 5.75 Å². The molecule has 1 aliphatic heterocycles. The van der Waals surface area contributed by atoms with E-state index in [1.54, 1.807) is 0 Å². The SMILES string of the molecule is CC1OCCC1(C)NCc1cccc(Br)c1O. The molecule has 4 heteroatoms. The van der Waals surface area contributed by atoms with Gasteiger partial charge < -0.3 is 15.2 Å². The van der Waals surface area contributed by atoms with Crippen molar-refractivity contribution < 1.29 is 9.84 Å². The van der Waals surface area contributed by atoms with Crippen molar-refractivity contribution in [3.63, 3.8) is 0 Å². The highest BCUT2D eigenvalue weighted by molar-refractivity contribution is 9.10. The molecule has 1 heterocycles. The summed E-state index contributed by atoms with van der Waals surface area (Å²) in [6.07, 6.45) is 1.21. The highest BCUT2D eigenvalue weighted by atomic mass is 79.9. The number of aromatic hydroxyl groups is 1. The molecule has 3 nitrogen and oxygen atoms in total. The summed E-state index contributed by atoms with van der Waals surface area (Å²) in [4.78, 5) is 0. The van der Waals surface area contributed by atoms with Crippen LogP contribution < -0.4 is 5.32 Å². The quantitative estimate of drug-likeness (QED) is 0.902. The van der Waals surface area contributed by atoms with Crippen LogP contribution in [0.3, 0.4) is 0 Å². The first-order valence-corrected chi connectivity index (χ1v) is 6.65. The molecule has 94 valence electrons. The van der Waals surface area contributed by atoms with Crippen LogP contribution in [0.1, 0.15) is 25.8 Å². The molecule has 0 amide bonds. The number of hydrogen-bond acceptors (Lipinski definition) is 3. The molecule has 2 rings (SSSR count). The molecule has 1 aromatic rings. The monoisotopic (exact) mass is 299 g/mol. The van der Waals surface area contributed by atoms with Gasteiger partial charge in [0.05, 0.1) is 10.6 Å². The summed E-state index contributed by atoms with van der Waals surface area (Å²) < 4.78 is 6.31. The van der Waals surface area contributed by atoms with E-state index >= 15 is 0 Å². The molecule has 0 aliphatic carbocycles. The summed E-state index contributed by atoms with van der Waals surface area (Å²) in [6, 6.07) is 5.69. The first-order valence-electron chi connectivity index (χ1n) is 5.86. The van der Waals surface area contributed by atoms with Crippen LogP contribution in [-0.2, 0) is 11.3 Å². The Labute approximate surface area is 110 Å². The fourth-order valence-corrected chi connectivity index (χ4v) is 2.47. The number of rotatable bonds is 3. The van der Waals surface area contributed by atoms with Gasteiger partial charge in [-0.05, 0) is 42.3 Å². The van der Waals surface area contributed by atoms with Gasteiger partial charge in [-0.25, -0.2) is 0 Å². The van der Waals surface area contributed by atoms with Crippen LogP contribution in [0.5, 0.6) is 5.75 Å². The van der Waals surface area contributed by atoms with Crippen LogP contribution >= 0.6 is 15.9 Å². The molecule has 0 saturated carbocycles. The molecule has 0 radical (unpaired) electrons. The lowest BCUT2D eigenvalue weighted by molar-refractivity contribution is 0.0880. The molecule has 0 spiro atoms. The predicted molar refractivity (Wildman–Crippen MR) is 71.1 cm³/mol. The van der Waals surface area contributed by atoms with Crippen molar-refractivity contribution >= 4 is 15.9 Å². The van der Waals surface area contributed by atoms with Crippen molar-refractivity contribution in [2.45, 2.75) is 38.5 Å². The summed E-state index contributed by atoms with van der Waals surface area (Å²) in [7, 11) is 0. The zero-order chi connectivity index (χ0) is 12.5. The number of halogens is 1. The highest BCUT2D eigenvalue weighted by Gasteiger charge is 2.36. The van der Waals surface area contributed by atoms with Crippen LogP contribution in [0, 0.1) is 0 Å². The minimum Gasteiger partial charge on any atom is -0.506 e. The third-order valence-corrected chi connectivity index (χ3v) is 4.28. The number of nitrogens with one attached hydrogen (secondary N) is 1. The van der Waals surface area contributed by atoms with Crippen molar-refractivity contribution in [2.24, 2.45) is 0 Å². The molecule has 1 saturated heterocycles. The van der Waals surface area contributed by atoms with Gasteiger partial charge in [0.15, 0.2) is 0 Å². The zero-order valence-electron chi connectivity index (χ0n) is 10.2. The Morgan fingerprint density at radius 3 is 3.00 bits per heavy atom. The smallest absolute Gasteiger partial charge is 0.134 e. The molecule has 0 bridgehead atoms. The van der Waals surface area contributed by atoms with E-state index in [1.165, 1.54) is 0 Å². The molecule has 2 atom stereocenters. The lowest BCUT2D eigenvalue weighted by Gasteiger charge is -2.29. The predicted octanol–water partition coefficient (Wildman–Crippen LogP) is 2.81. The summed E-state index contributed by atoms with van der Waals surface area (Å²) in [5.74, 6) is 0.315. The maximum atomic E-state index is 9.90. The topological polar surface area (TPSA) is 41.5 Å². The van der Waals surface area contributed by atoms with Crippen molar-refractivity contribution in [2.75, 3.05) is 6.61 Å². The molecule has 17 heavy (non-hydrogen) atoms. The Hall–Kier alpha value is -0.580. The average molecular weight is 300 g/mol. The van der Waals surface area contributed by atoms with Gasteiger partial charge in [-0.3, -0.25) is 0 Å². The van der Waals surface area contributed by atoms with Gasteiger partial charge in [0, 0.05) is 24.3 Å². The van der Waals surface area contributed by atoms with E-state index in [9.17, 15) is 5.11 Å². The van der Waals surface area contributed by atoms with E-state index < -0.39 is 0 Å². The van der Waals surface area contributed by atoms with Crippen LogP contribution in [0.4, 0.5) is 0 Å².